The fourth-order valence-corrected chi connectivity index (χ4v) is 2.27. The number of hydrogen-bond donors (Lipinski definition) is 1. The molecule has 0 radical (unpaired) electrons. The average Bonchev–Trinajstić information content (AvgIpc) is 2.45. The number of aromatic carboxylic acids is 1. The molecule has 0 aliphatic carbocycles. The Labute approximate surface area is 124 Å². The van der Waals surface area contributed by atoms with Crippen molar-refractivity contribution >= 4 is 11.8 Å². The van der Waals surface area contributed by atoms with Crippen LogP contribution >= 0.6 is 0 Å². The van der Waals surface area contributed by atoms with Crippen LogP contribution in [0.25, 0.3) is 11.1 Å². The summed E-state index contributed by atoms with van der Waals surface area (Å²) in [4.78, 5) is 23.0. The van der Waals surface area contributed by atoms with Crippen LogP contribution in [-0.4, -0.2) is 16.9 Å². The number of halogens is 3. The summed E-state index contributed by atoms with van der Waals surface area (Å²) < 4.78 is 39.7. The van der Waals surface area contributed by atoms with E-state index < -0.39 is 34.6 Å². The molecule has 114 valence electrons. The second-order valence-corrected chi connectivity index (χ2v) is 4.63. The summed E-state index contributed by atoms with van der Waals surface area (Å²) in [5, 5.41) is 9.19. The number of ketones is 1. The average molecular weight is 308 g/mol. The van der Waals surface area contributed by atoms with Crippen molar-refractivity contribution < 1.29 is 27.9 Å². The third-order valence-electron chi connectivity index (χ3n) is 3.18. The van der Waals surface area contributed by atoms with Gasteiger partial charge in [0.2, 0.25) is 0 Å². The smallest absolute Gasteiger partial charge is 0.417 e. The highest BCUT2D eigenvalue weighted by atomic mass is 19.4. The minimum absolute atomic E-state index is 0.0414. The molecule has 22 heavy (non-hydrogen) atoms. The van der Waals surface area contributed by atoms with E-state index in [1.165, 1.54) is 31.2 Å². The number of alkyl halides is 3. The van der Waals surface area contributed by atoms with Gasteiger partial charge < -0.3 is 5.11 Å². The van der Waals surface area contributed by atoms with Crippen molar-refractivity contribution in [2.75, 3.05) is 0 Å². The molecule has 0 amide bonds. The molecule has 0 atom stereocenters. The first kappa shape index (κ1) is 15.8. The Bertz CT molecular complexity index is 749. The Balaban J connectivity index is 2.90. The van der Waals surface area contributed by atoms with Crippen LogP contribution in [0, 0.1) is 0 Å². The van der Waals surface area contributed by atoms with Crippen LogP contribution in [0.5, 0.6) is 0 Å². The first-order valence-electron chi connectivity index (χ1n) is 6.27. The van der Waals surface area contributed by atoms with Gasteiger partial charge in [0.05, 0.1) is 11.1 Å². The van der Waals surface area contributed by atoms with Gasteiger partial charge in [-0.3, -0.25) is 4.79 Å². The number of carboxylic acids is 1. The monoisotopic (exact) mass is 308 g/mol. The van der Waals surface area contributed by atoms with E-state index in [1.807, 2.05) is 0 Å². The van der Waals surface area contributed by atoms with Gasteiger partial charge in [0.25, 0.3) is 0 Å². The molecule has 2 aromatic carbocycles. The van der Waals surface area contributed by atoms with E-state index in [-0.39, 0.29) is 11.1 Å². The van der Waals surface area contributed by atoms with Crippen molar-refractivity contribution in [2.24, 2.45) is 0 Å². The van der Waals surface area contributed by atoms with Crippen molar-refractivity contribution in [2.45, 2.75) is 13.1 Å². The van der Waals surface area contributed by atoms with Gasteiger partial charge in [-0.1, -0.05) is 30.3 Å². The minimum atomic E-state index is -4.73. The number of Topliss-reactive ketones (excluding diaryl/α,β-unsaturated/α-hetero) is 1. The second-order valence-electron chi connectivity index (χ2n) is 4.63. The van der Waals surface area contributed by atoms with Gasteiger partial charge in [-0.05, 0) is 24.6 Å². The maximum atomic E-state index is 13.2. The van der Waals surface area contributed by atoms with E-state index in [0.29, 0.717) is 0 Å². The van der Waals surface area contributed by atoms with E-state index in [2.05, 4.69) is 0 Å². The van der Waals surface area contributed by atoms with E-state index in [1.54, 1.807) is 0 Å². The summed E-state index contributed by atoms with van der Waals surface area (Å²) in [6.07, 6.45) is -4.73. The van der Waals surface area contributed by atoms with Crippen LogP contribution in [-0.2, 0) is 6.18 Å². The summed E-state index contributed by atoms with van der Waals surface area (Å²) in [7, 11) is 0. The van der Waals surface area contributed by atoms with Crippen LogP contribution in [0.4, 0.5) is 13.2 Å². The Morgan fingerprint density at radius 1 is 0.955 bits per heavy atom. The van der Waals surface area contributed by atoms with Crippen LogP contribution in [0.3, 0.4) is 0 Å². The van der Waals surface area contributed by atoms with Crippen LogP contribution in [0.1, 0.15) is 33.2 Å². The van der Waals surface area contributed by atoms with Gasteiger partial charge in [0, 0.05) is 11.1 Å². The van der Waals surface area contributed by atoms with Crippen molar-refractivity contribution in [1.82, 2.24) is 0 Å². The van der Waals surface area contributed by atoms with Crippen molar-refractivity contribution in [1.29, 1.82) is 0 Å². The molecule has 6 heteroatoms. The van der Waals surface area contributed by atoms with Crippen LogP contribution < -0.4 is 0 Å². The highest BCUT2D eigenvalue weighted by Gasteiger charge is 2.36. The Hall–Kier alpha value is -2.63. The molecule has 0 aliphatic rings. The molecule has 0 aromatic heterocycles. The number of carbonyl (C=O) groups excluding carboxylic acids is 1. The quantitative estimate of drug-likeness (QED) is 0.861. The SMILES string of the molecule is CC(=O)c1ccccc1-c1c(C(=O)O)cccc1C(F)(F)F. The van der Waals surface area contributed by atoms with Crippen LogP contribution in [0.2, 0.25) is 0 Å². The molecule has 0 fully saturated rings. The van der Waals surface area contributed by atoms with E-state index >= 15 is 0 Å². The second kappa shape index (κ2) is 5.63. The molecule has 0 aliphatic heterocycles. The normalized spacial score (nSPS) is 11.3. The summed E-state index contributed by atoms with van der Waals surface area (Å²) in [5.41, 5.74) is -2.07. The Morgan fingerprint density at radius 2 is 1.55 bits per heavy atom. The zero-order valence-electron chi connectivity index (χ0n) is 11.4. The molecule has 1 N–H and O–H groups in total. The van der Waals surface area contributed by atoms with Gasteiger partial charge >= 0.3 is 12.1 Å². The van der Waals surface area contributed by atoms with Crippen molar-refractivity contribution in [3.05, 3.63) is 59.2 Å². The maximum absolute atomic E-state index is 13.2. The first-order valence-corrected chi connectivity index (χ1v) is 6.27. The van der Waals surface area contributed by atoms with Gasteiger partial charge in [-0.2, -0.15) is 13.2 Å². The molecule has 0 unspecified atom stereocenters. The fraction of sp³-hybridized carbons (Fsp3) is 0.125. The molecule has 2 rings (SSSR count). The predicted octanol–water partition coefficient (Wildman–Crippen LogP) is 4.27. The lowest BCUT2D eigenvalue weighted by atomic mass is 9.90. The third-order valence-corrected chi connectivity index (χ3v) is 3.18. The number of rotatable bonds is 3. The summed E-state index contributed by atoms with van der Waals surface area (Å²) in [5.74, 6) is -1.93. The molecular weight excluding hydrogens is 297 g/mol. The molecule has 0 spiro atoms. The lowest BCUT2D eigenvalue weighted by Crippen LogP contribution is -2.12. The summed E-state index contributed by atoms with van der Waals surface area (Å²) in [6, 6.07) is 8.58. The topological polar surface area (TPSA) is 54.4 Å². The predicted molar refractivity (Wildman–Crippen MR) is 73.8 cm³/mol. The fourth-order valence-electron chi connectivity index (χ4n) is 2.27. The highest BCUT2D eigenvalue weighted by Crippen LogP contribution is 2.40. The molecule has 0 saturated heterocycles. The van der Waals surface area contributed by atoms with Crippen molar-refractivity contribution in [3.8, 4) is 11.1 Å². The maximum Gasteiger partial charge on any atom is 0.417 e. The van der Waals surface area contributed by atoms with E-state index in [9.17, 15) is 27.9 Å². The lowest BCUT2D eigenvalue weighted by Gasteiger charge is -2.17. The Morgan fingerprint density at radius 3 is 2.09 bits per heavy atom. The molecule has 2 aromatic rings. The number of carbonyl (C=O) groups is 2. The van der Waals surface area contributed by atoms with Crippen molar-refractivity contribution in [3.63, 3.8) is 0 Å². The molecule has 0 bridgehead atoms. The number of benzene rings is 2. The lowest BCUT2D eigenvalue weighted by molar-refractivity contribution is -0.137. The molecule has 0 saturated carbocycles. The number of hydrogen-bond acceptors (Lipinski definition) is 2. The molecular formula is C16H11F3O3. The summed E-state index contributed by atoms with van der Waals surface area (Å²) >= 11 is 0. The van der Waals surface area contributed by atoms with Gasteiger partial charge in [0.1, 0.15) is 0 Å². The van der Waals surface area contributed by atoms with E-state index in [4.69, 9.17) is 0 Å². The first-order chi connectivity index (χ1) is 10.2. The minimum Gasteiger partial charge on any atom is -0.478 e. The molecule has 0 heterocycles. The standard InChI is InChI=1S/C16H11F3O3/c1-9(20)10-5-2-3-6-11(10)14-12(15(21)22)7-4-8-13(14)16(17,18)19/h2-8H,1H3,(H,21,22). The zero-order chi connectivity index (χ0) is 16.5. The Kier molecular flexibility index (Phi) is 4.03. The van der Waals surface area contributed by atoms with Crippen LogP contribution in [0.15, 0.2) is 42.5 Å². The third kappa shape index (κ3) is 2.86. The molecule has 3 nitrogen and oxygen atoms in total. The van der Waals surface area contributed by atoms with E-state index in [0.717, 1.165) is 18.2 Å². The summed E-state index contributed by atoms with van der Waals surface area (Å²) in [6.45, 7) is 1.22. The number of carboxylic acid groups (broad SMARTS) is 1. The van der Waals surface area contributed by atoms with Gasteiger partial charge in [0.15, 0.2) is 5.78 Å². The highest BCUT2D eigenvalue weighted by molar-refractivity contribution is 6.05. The van der Waals surface area contributed by atoms with Gasteiger partial charge in [-0.15, -0.1) is 0 Å². The largest absolute Gasteiger partial charge is 0.478 e. The van der Waals surface area contributed by atoms with Gasteiger partial charge in [-0.25, -0.2) is 4.79 Å². The zero-order valence-corrected chi connectivity index (χ0v) is 11.4.